The lowest BCUT2D eigenvalue weighted by molar-refractivity contribution is 0.501. The van der Waals surface area contributed by atoms with E-state index in [0.717, 1.165) is 42.4 Å². The van der Waals surface area contributed by atoms with Gasteiger partial charge in [0.05, 0.1) is 0 Å². The van der Waals surface area contributed by atoms with Crippen molar-refractivity contribution < 1.29 is 0 Å². The molecule has 0 aliphatic rings. The van der Waals surface area contributed by atoms with Crippen molar-refractivity contribution in [1.82, 2.24) is 9.97 Å². The van der Waals surface area contributed by atoms with E-state index in [0.29, 0.717) is 12.0 Å². The third kappa shape index (κ3) is 3.84. The zero-order valence-corrected chi connectivity index (χ0v) is 14.1. The SMILES string of the molecule is CCCc1nc(NCC)c(C)c(N(C)C(C)C(C)C)n1. The standard InChI is InChI=1S/C16H30N4/c1-8-10-14-18-15(17-9-2)12(5)16(19-14)20(7)13(6)11(3)4/h11,13H,8-10H2,1-7H3,(H,17,18,19). The van der Waals surface area contributed by atoms with Crippen molar-refractivity contribution in [3.05, 3.63) is 11.4 Å². The summed E-state index contributed by atoms with van der Waals surface area (Å²) in [5.74, 6) is 3.56. The first kappa shape index (κ1) is 16.7. The number of nitrogens with zero attached hydrogens (tertiary/aromatic N) is 3. The largest absolute Gasteiger partial charge is 0.370 e. The number of hydrogen-bond donors (Lipinski definition) is 1. The van der Waals surface area contributed by atoms with E-state index in [4.69, 9.17) is 4.98 Å². The molecule has 1 atom stereocenters. The predicted octanol–water partition coefficient (Wildman–Crippen LogP) is 3.65. The normalized spacial score (nSPS) is 12.6. The molecule has 0 radical (unpaired) electrons. The van der Waals surface area contributed by atoms with Gasteiger partial charge in [-0.2, -0.15) is 0 Å². The molecule has 114 valence electrons. The number of nitrogens with one attached hydrogen (secondary N) is 1. The van der Waals surface area contributed by atoms with Crippen LogP contribution in [0.2, 0.25) is 0 Å². The van der Waals surface area contributed by atoms with Crippen molar-refractivity contribution in [3.8, 4) is 0 Å². The maximum atomic E-state index is 4.78. The lowest BCUT2D eigenvalue weighted by Crippen LogP contribution is -2.34. The van der Waals surface area contributed by atoms with E-state index in [1.165, 1.54) is 0 Å². The van der Waals surface area contributed by atoms with E-state index in [1.807, 2.05) is 0 Å². The Hall–Kier alpha value is -1.32. The summed E-state index contributed by atoms with van der Waals surface area (Å²) in [6.07, 6.45) is 1.99. The molecule has 4 heteroatoms. The topological polar surface area (TPSA) is 41.1 Å². The van der Waals surface area contributed by atoms with Gasteiger partial charge in [0.25, 0.3) is 0 Å². The zero-order valence-electron chi connectivity index (χ0n) is 14.1. The van der Waals surface area contributed by atoms with Crippen LogP contribution in [0.5, 0.6) is 0 Å². The van der Waals surface area contributed by atoms with Crippen molar-refractivity contribution >= 4 is 11.6 Å². The Kier molecular flexibility index (Phi) is 6.24. The Morgan fingerprint density at radius 1 is 1.15 bits per heavy atom. The summed E-state index contributed by atoms with van der Waals surface area (Å²) >= 11 is 0. The number of aryl methyl sites for hydroxylation is 1. The molecule has 4 nitrogen and oxygen atoms in total. The molecule has 0 bridgehead atoms. The third-order valence-electron chi connectivity index (χ3n) is 3.89. The summed E-state index contributed by atoms with van der Waals surface area (Å²) < 4.78 is 0. The molecule has 20 heavy (non-hydrogen) atoms. The Labute approximate surface area is 124 Å². The van der Waals surface area contributed by atoms with Gasteiger partial charge >= 0.3 is 0 Å². The van der Waals surface area contributed by atoms with Gasteiger partial charge in [0, 0.05) is 31.6 Å². The van der Waals surface area contributed by atoms with Gasteiger partial charge in [-0.3, -0.25) is 0 Å². The molecular formula is C16H30N4. The van der Waals surface area contributed by atoms with Crippen LogP contribution >= 0.6 is 0 Å². The second-order valence-electron chi connectivity index (χ2n) is 5.81. The Bertz CT molecular complexity index is 429. The average molecular weight is 278 g/mol. The van der Waals surface area contributed by atoms with Crippen LogP contribution in [0.25, 0.3) is 0 Å². The first-order valence-corrected chi connectivity index (χ1v) is 7.76. The first-order valence-electron chi connectivity index (χ1n) is 7.76. The molecule has 1 unspecified atom stereocenters. The summed E-state index contributed by atoms with van der Waals surface area (Å²) in [5, 5.41) is 3.36. The van der Waals surface area contributed by atoms with Crippen LogP contribution in [-0.4, -0.2) is 29.6 Å². The highest BCUT2D eigenvalue weighted by Gasteiger charge is 2.19. The quantitative estimate of drug-likeness (QED) is 0.826. The smallest absolute Gasteiger partial charge is 0.137 e. The molecule has 0 aliphatic heterocycles. The Morgan fingerprint density at radius 3 is 2.30 bits per heavy atom. The highest BCUT2D eigenvalue weighted by molar-refractivity contribution is 5.58. The number of anilines is 2. The van der Waals surface area contributed by atoms with Crippen LogP contribution < -0.4 is 10.2 Å². The van der Waals surface area contributed by atoms with E-state index in [2.05, 4.69) is 63.8 Å². The average Bonchev–Trinajstić information content (AvgIpc) is 2.41. The molecular weight excluding hydrogens is 248 g/mol. The van der Waals surface area contributed by atoms with Crippen LogP contribution in [-0.2, 0) is 6.42 Å². The van der Waals surface area contributed by atoms with E-state index in [9.17, 15) is 0 Å². The van der Waals surface area contributed by atoms with Gasteiger partial charge in [-0.05, 0) is 33.1 Å². The van der Waals surface area contributed by atoms with Crippen molar-refractivity contribution in [2.45, 2.75) is 60.4 Å². The minimum absolute atomic E-state index is 0.451. The predicted molar refractivity (Wildman–Crippen MR) is 87.6 cm³/mol. The van der Waals surface area contributed by atoms with Gasteiger partial charge in [-0.15, -0.1) is 0 Å². The highest BCUT2D eigenvalue weighted by atomic mass is 15.2. The lowest BCUT2D eigenvalue weighted by Gasteiger charge is -2.31. The minimum Gasteiger partial charge on any atom is -0.370 e. The van der Waals surface area contributed by atoms with Gasteiger partial charge in [0.2, 0.25) is 0 Å². The van der Waals surface area contributed by atoms with Gasteiger partial charge in [0.1, 0.15) is 17.5 Å². The van der Waals surface area contributed by atoms with Crippen molar-refractivity contribution in [2.24, 2.45) is 5.92 Å². The fourth-order valence-corrected chi connectivity index (χ4v) is 2.21. The van der Waals surface area contributed by atoms with Crippen molar-refractivity contribution in [1.29, 1.82) is 0 Å². The monoisotopic (exact) mass is 278 g/mol. The lowest BCUT2D eigenvalue weighted by atomic mass is 10.0. The molecule has 0 fully saturated rings. The number of rotatable bonds is 7. The summed E-state index contributed by atoms with van der Waals surface area (Å²) in [5.41, 5.74) is 1.14. The minimum atomic E-state index is 0.451. The molecule has 1 aromatic heterocycles. The summed E-state index contributed by atoms with van der Waals surface area (Å²) in [7, 11) is 2.13. The number of hydrogen-bond acceptors (Lipinski definition) is 4. The molecule has 0 saturated heterocycles. The summed E-state index contributed by atoms with van der Waals surface area (Å²) in [4.78, 5) is 11.7. The molecule has 0 aliphatic carbocycles. The molecule has 1 aromatic rings. The molecule has 1 rings (SSSR count). The highest BCUT2D eigenvalue weighted by Crippen LogP contribution is 2.26. The Morgan fingerprint density at radius 2 is 1.80 bits per heavy atom. The number of aromatic nitrogens is 2. The van der Waals surface area contributed by atoms with Crippen molar-refractivity contribution in [3.63, 3.8) is 0 Å². The van der Waals surface area contributed by atoms with Crippen LogP contribution in [0.15, 0.2) is 0 Å². The molecule has 0 amide bonds. The van der Waals surface area contributed by atoms with Gasteiger partial charge in [-0.25, -0.2) is 9.97 Å². The molecule has 1 heterocycles. The van der Waals surface area contributed by atoms with Gasteiger partial charge in [-0.1, -0.05) is 20.8 Å². The maximum Gasteiger partial charge on any atom is 0.137 e. The summed E-state index contributed by atoms with van der Waals surface area (Å²) in [6, 6.07) is 0.451. The fraction of sp³-hybridized carbons (Fsp3) is 0.750. The van der Waals surface area contributed by atoms with E-state index < -0.39 is 0 Å². The maximum absolute atomic E-state index is 4.78. The van der Waals surface area contributed by atoms with Crippen LogP contribution in [0.3, 0.4) is 0 Å². The van der Waals surface area contributed by atoms with E-state index >= 15 is 0 Å². The Balaban J connectivity index is 3.21. The van der Waals surface area contributed by atoms with E-state index in [1.54, 1.807) is 0 Å². The van der Waals surface area contributed by atoms with Gasteiger partial charge in [0.15, 0.2) is 0 Å². The molecule has 0 aromatic carbocycles. The van der Waals surface area contributed by atoms with E-state index in [-0.39, 0.29) is 0 Å². The molecule has 0 saturated carbocycles. The third-order valence-corrected chi connectivity index (χ3v) is 3.89. The van der Waals surface area contributed by atoms with Gasteiger partial charge < -0.3 is 10.2 Å². The van der Waals surface area contributed by atoms with Crippen molar-refractivity contribution in [2.75, 3.05) is 23.8 Å². The molecule has 0 spiro atoms. The second-order valence-corrected chi connectivity index (χ2v) is 5.81. The van der Waals surface area contributed by atoms with Crippen LogP contribution in [0.1, 0.15) is 52.4 Å². The fourth-order valence-electron chi connectivity index (χ4n) is 2.21. The second kappa shape index (κ2) is 7.46. The van der Waals surface area contributed by atoms with Crippen LogP contribution in [0, 0.1) is 12.8 Å². The summed E-state index contributed by atoms with van der Waals surface area (Å²) in [6.45, 7) is 14.0. The van der Waals surface area contributed by atoms with Crippen LogP contribution in [0.4, 0.5) is 11.6 Å². The zero-order chi connectivity index (χ0) is 15.3. The first-order chi connectivity index (χ1) is 9.42. The molecule has 1 N–H and O–H groups in total.